The van der Waals surface area contributed by atoms with Gasteiger partial charge in [0.05, 0.1) is 32.3 Å². The summed E-state index contributed by atoms with van der Waals surface area (Å²) in [5.74, 6) is 1.74. The fraction of sp³-hybridized carbons (Fsp3) is 0.312. The Morgan fingerprint density at radius 1 is 0.243 bits per heavy atom. The molecule has 0 saturated heterocycles. The Morgan fingerprint density at radius 2 is 0.479 bits per heavy atom. The number of hydrogen-bond acceptors (Lipinski definition) is 8. The summed E-state index contributed by atoms with van der Waals surface area (Å²) in [4.78, 5) is 35.9. The van der Waals surface area contributed by atoms with Gasteiger partial charge in [-0.1, -0.05) is 305 Å². The number of rotatable bonds is 25. The molecule has 0 N–H and O–H groups in total. The zero-order valence-corrected chi connectivity index (χ0v) is 102. The van der Waals surface area contributed by atoms with Crippen molar-refractivity contribution in [1.29, 1.82) is 0 Å². The SMILES string of the molecule is CCCCCCc1cc(-c2[c-]cc(C)cc2)ncc1[Si](C)(C)C.CCCCCc1cc(-c2[c-]cc(C)cc2)ncc1[Si](C)(C)C.Cc1c[c-]c(-c2cc(CC3CCCC3)c([Si](C)(C)C)cn2)cc1.Cc1c[c-]c(-c2cc(CC3CCCCC3)c([Si](C)(C)C)cn2)cc1.[Ir].[Ir].[Ir].[Ir].[c-]1ccccc1-c1ccccn1.[c-]1ccccc1-c1ccccn1.[c-]1ccccc1-c1ccccn1.[c-]1ccccc1-c1ccccn1. The van der Waals surface area contributed by atoms with Crippen LogP contribution in [0, 0.1) is 88.1 Å². The van der Waals surface area contributed by atoms with E-state index in [4.69, 9.17) is 19.9 Å². The molecule has 8 aromatic carbocycles. The molecule has 0 atom stereocenters. The number of nitrogens with zero attached hydrogens (tertiary/aromatic N) is 8. The van der Waals surface area contributed by atoms with Crippen LogP contribution in [-0.4, -0.2) is 72.2 Å². The second kappa shape index (κ2) is 63.2. The van der Waals surface area contributed by atoms with Crippen molar-refractivity contribution >= 4 is 53.0 Å². The van der Waals surface area contributed by atoms with Crippen LogP contribution in [0.4, 0.5) is 0 Å². The van der Waals surface area contributed by atoms with Gasteiger partial charge in [-0.15, -0.1) is 285 Å². The van der Waals surface area contributed by atoms with Gasteiger partial charge in [0.15, 0.2) is 0 Å². The Balaban J connectivity index is 0.000000226. The molecule has 2 aliphatic carbocycles. The van der Waals surface area contributed by atoms with Gasteiger partial charge < -0.3 is 39.9 Å². The molecule has 760 valence electrons. The molecule has 2 saturated carbocycles. The molecule has 0 amide bonds. The molecule has 0 bridgehead atoms. The first-order valence-electron chi connectivity index (χ1n) is 51.0. The van der Waals surface area contributed by atoms with Crippen molar-refractivity contribution in [3.05, 3.63) is 410 Å². The van der Waals surface area contributed by atoms with E-state index in [9.17, 15) is 0 Å². The quantitative estimate of drug-likeness (QED) is 0.0317. The Morgan fingerprint density at radius 3 is 0.708 bits per heavy atom. The Labute approximate surface area is 924 Å². The predicted octanol–water partition coefficient (Wildman–Crippen LogP) is 31.5. The number of unbranched alkanes of at least 4 members (excludes halogenated alkanes) is 5. The van der Waals surface area contributed by atoms with Crippen molar-refractivity contribution < 1.29 is 80.4 Å². The van der Waals surface area contributed by atoms with Crippen LogP contribution in [0.3, 0.4) is 0 Å². The minimum atomic E-state index is -1.37. The second-order valence-corrected chi connectivity index (χ2v) is 61.5. The maximum atomic E-state index is 4.80. The van der Waals surface area contributed by atoms with E-state index in [2.05, 4.69) is 298 Å². The third-order valence-corrected chi connectivity index (χ3v) is 33.6. The summed E-state index contributed by atoms with van der Waals surface area (Å²) < 4.78 is 0. The van der Waals surface area contributed by atoms with Crippen molar-refractivity contribution in [2.45, 2.75) is 249 Å². The molecule has 4 radical (unpaired) electrons. The summed E-state index contributed by atoms with van der Waals surface area (Å²) >= 11 is 0. The third kappa shape index (κ3) is 40.9. The van der Waals surface area contributed by atoms with Crippen LogP contribution in [0.25, 0.3) is 90.1 Å². The molecular weight excluding hydrogens is 2530 g/mol. The van der Waals surface area contributed by atoms with E-state index >= 15 is 0 Å². The normalized spacial score (nSPS) is 12.2. The fourth-order valence-electron chi connectivity index (χ4n) is 17.5. The summed E-state index contributed by atoms with van der Waals surface area (Å²) in [6.45, 7) is 42.0. The second-order valence-electron chi connectivity index (χ2n) is 41.3. The van der Waals surface area contributed by atoms with Gasteiger partial charge in [-0.3, -0.25) is 0 Å². The molecule has 0 spiro atoms. The number of benzene rings is 8. The molecule has 0 unspecified atom stereocenters. The van der Waals surface area contributed by atoms with E-state index in [0.717, 1.165) is 102 Å². The van der Waals surface area contributed by atoms with Gasteiger partial charge in [0.25, 0.3) is 0 Å². The van der Waals surface area contributed by atoms with Gasteiger partial charge in [-0.05, 0) is 141 Å². The van der Waals surface area contributed by atoms with E-state index < -0.39 is 32.3 Å². The first-order valence-corrected chi connectivity index (χ1v) is 65.0. The molecular formula is C128H148Ir4N8Si4-8. The third-order valence-electron chi connectivity index (χ3n) is 25.3. The van der Waals surface area contributed by atoms with Gasteiger partial charge in [0.1, 0.15) is 0 Å². The molecule has 0 aliphatic heterocycles. The first kappa shape index (κ1) is 121. The Bertz CT molecular complexity index is 5800. The molecule has 18 rings (SSSR count). The van der Waals surface area contributed by atoms with Crippen LogP contribution in [0.1, 0.15) is 161 Å². The number of aromatic nitrogens is 8. The van der Waals surface area contributed by atoms with E-state index in [1.807, 2.05) is 182 Å². The average Bonchev–Trinajstić information content (AvgIpc) is 1.05. The predicted molar refractivity (Wildman–Crippen MR) is 606 cm³/mol. The standard InChI is InChI=1S/C22H30NSi.C21H28NSi.C21H30NSi.C20H28NSi.4C11H8N.4Ir/c1-17-10-12-19(13-11-17)21-15-20(14-18-8-6-5-7-9-18)22(16-23-21)24(2,3)4;1-16-9-11-18(12-10-16)20-14-19(13-17-7-5-6-8-17)21(15-22-20)23(2,3)4;1-6-7-8-9-10-19-15-20(18-13-11-17(2)12-14-18)22-16-21(19)23(3,4)5;1-6-7-8-9-18-14-19(17-12-10-16(2)11-13-17)21-15-20(18)22(3,4)5;4*1-2-6-10(7-3-1)11-8-4-5-9-12-11;;;;/h10-12,15-16,18H,5-9,14H2,1-4H3;9-11,14-15,17H,5-8,13H2,1-4H3;11-13,15-16H,6-10H2,1-5H3;10-12,14-15H,6-9H2,1-5H3;4*1-6,8-9H;;;;/q8*-1;;;;. The molecule has 16 aromatic rings. The Kier molecular flexibility index (Phi) is 53.3. The van der Waals surface area contributed by atoms with E-state index in [1.54, 1.807) is 46.3 Å². The van der Waals surface area contributed by atoms with Crippen LogP contribution in [0.15, 0.2) is 316 Å². The largest absolute Gasteiger partial charge is 0.305 e. The van der Waals surface area contributed by atoms with Crippen molar-refractivity contribution in [2.24, 2.45) is 11.8 Å². The van der Waals surface area contributed by atoms with Gasteiger partial charge in [0, 0.05) is 130 Å². The molecule has 144 heavy (non-hydrogen) atoms. The summed E-state index contributed by atoms with van der Waals surface area (Å²) in [6.07, 6.45) is 42.4. The summed E-state index contributed by atoms with van der Waals surface area (Å²) in [7, 11) is -5.42. The summed E-state index contributed by atoms with van der Waals surface area (Å²) in [5.41, 5.74) is 27.9. The zero-order chi connectivity index (χ0) is 99.5. The van der Waals surface area contributed by atoms with Crippen LogP contribution < -0.4 is 20.7 Å². The van der Waals surface area contributed by atoms with Crippen molar-refractivity contribution in [2.75, 3.05) is 0 Å². The van der Waals surface area contributed by atoms with E-state index in [1.165, 1.54) is 172 Å². The van der Waals surface area contributed by atoms with Crippen LogP contribution >= 0.6 is 0 Å². The molecule has 2 aliphatic rings. The molecule has 2 fully saturated rings. The molecule has 16 heteroatoms. The maximum Gasteiger partial charge on any atom is 0.0798 e. The van der Waals surface area contributed by atoms with Crippen molar-refractivity contribution in [3.8, 4) is 90.1 Å². The van der Waals surface area contributed by atoms with Gasteiger partial charge in [0.2, 0.25) is 0 Å². The molecule has 8 heterocycles. The summed E-state index contributed by atoms with van der Waals surface area (Å²) in [5, 5.41) is 6.12. The minimum Gasteiger partial charge on any atom is -0.305 e. The first-order chi connectivity index (χ1) is 67.6. The van der Waals surface area contributed by atoms with E-state index in [0.29, 0.717) is 0 Å². The minimum absolute atomic E-state index is 0. The average molecular weight is 2680 g/mol. The van der Waals surface area contributed by atoms with Gasteiger partial charge >= 0.3 is 0 Å². The summed E-state index contributed by atoms with van der Waals surface area (Å²) in [6, 6.07) is 115. The topological polar surface area (TPSA) is 103 Å². The molecule has 8 nitrogen and oxygen atoms in total. The zero-order valence-electron chi connectivity index (χ0n) is 88.2. The van der Waals surface area contributed by atoms with Crippen LogP contribution in [-0.2, 0) is 106 Å². The van der Waals surface area contributed by atoms with E-state index in [-0.39, 0.29) is 80.4 Å². The van der Waals surface area contributed by atoms with Crippen molar-refractivity contribution in [1.82, 2.24) is 39.9 Å². The van der Waals surface area contributed by atoms with Crippen molar-refractivity contribution in [3.63, 3.8) is 0 Å². The smallest absolute Gasteiger partial charge is 0.0798 e. The number of hydrogen-bond donors (Lipinski definition) is 0. The molecule has 8 aromatic heterocycles. The monoisotopic (exact) mass is 2680 g/mol. The Hall–Kier alpha value is -9.58. The van der Waals surface area contributed by atoms with Gasteiger partial charge in [-0.25, -0.2) is 0 Å². The van der Waals surface area contributed by atoms with Crippen LogP contribution in [0.5, 0.6) is 0 Å². The fourth-order valence-corrected chi connectivity index (χ4v) is 23.9. The van der Waals surface area contributed by atoms with Crippen LogP contribution in [0.2, 0.25) is 78.6 Å². The number of pyridine rings is 8. The van der Waals surface area contributed by atoms with Gasteiger partial charge in [-0.2, -0.15) is 0 Å². The maximum absolute atomic E-state index is 4.80. The number of aryl methyl sites for hydroxylation is 6.